The summed E-state index contributed by atoms with van der Waals surface area (Å²) in [4.78, 5) is 16.6. The van der Waals surface area contributed by atoms with Gasteiger partial charge in [-0.2, -0.15) is 0 Å². The van der Waals surface area contributed by atoms with Crippen molar-refractivity contribution in [2.45, 2.75) is 13.1 Å². The number of hydrogen-bond acceptors (Lipinski definition) is 5. The molecular weight excluding hydrogens is 246 g/mol. The third-order valence-corrected chi connectivity index (χ3v) is 3.31. The summed E-state index contributed by atoms with van der Waals surface area (Å²) in [5.74, 6) is 0.976. The van der Waals surface area contributed by atoms with Gasteiger partial charge in [-0.15, -0.1) is 0 Å². The molecule has 1 aliphatic heterocycles. The first-order valence-corrected chi connectivity index (χ1v) is 5.94. The van der Waals surface area contributed by atoms with Gasteiger partial charge in [-0.3, -0.25) is 10.1 Å². The van der Waals surface area contributed by atoms with Gasteiger partial charge in [-0.25, -0.2) is 4.98 Å². The molecule has 0 unspecified atom stereocenters. The van der Waals surface area contributed by atoms with Crippen LogP contribution >= 0.6 is 0 Å². The minimum atomic E-state index is -0.441. The largest absolute Gasteiger partial charge is 0.397 e. The number of nitrogens with zero attached hydrogens (tertiary/aromatic N) is 4. The summed E-state index contributed by atoms with van der Waals surface area (Å²) in [6, 6.07) is 4.58. The van der Waals surface area contributed by atoms with E-state index in [2.05, 4.69) is 14.5 Å². The summed E-state index contributed by atoms with van der Waals surface area (Å²) in [6.45, 7) is 2.31. The Bertz CT molecular complexity index is 637. The van der Waals surface area contributed by atoms with E-state index in [1.165, 1.54) is 12.1 Å². The molecule has 2 heterocycles. The summed E-state index contributed by atoms with van der Waals surface area (Å²) in [5.41, 5.74) is 7.17. The Labute approximate surface area is 109 Å². The number of hydrogen-bond donors (Lipinski definition) is 1. The third kappa shape index (κ3) is 1.99. The highest BCUT2D eigenvalue weighted by molar-refractivity contribution is 5.70. The van der Waals surface area contributed by atoms with Crippen LogP contribution in [0.1, 0.15) is 5.82 Å². The van der Waals surface area contributed by atoms with Gasteiger partial charge in [-0.1, -0.05) is 0 Å². The first-order valence-electron chi connectivity index (χ1n) is 5.94. The molecule has 7 nitrogen and oxygen atoms in total. The summed E-state index contributed by atoms with van der Waals surface area (Å²) < 4.78 is 2.10. The molecule has 98 valence electrons. The molecule has 0 amide bonds. The van der Waals surface area contributed by atoms with Crippen LogP contribution in [0.3, 0.4) is 0 Å². The average Bonchev–Trinajstić information content (AvgIpc) is 2.85. The molecule has 2 aromatic rings. The van der Waals surface area contributed by atoms with Gasteiger partial charge >= 0.3 is 0 Å². The number of aromatic nitrogens is 2. The summed E-state index contributed by atoms with van der Waals surface area (Å²) in [5, 5.41) is 10.7. The number of nitro groups is 1. The maximum absolute atomic E-state index is 10.7. The minimum absolute atomic E-state index is 0.0137. The number of nitrogen functional groups attached to an aromatic ring is 1. The quantitative estimate of drug-likeness (QED) is 0.500. The molecule has 0 saturated carbocycles. The maximum atomic E-state index is 10.7. The van der Waals surface area contributed by atoms with Crippen molar-refractivity contribution >= 4 is 17.1 Å². The van der Waals surface area contributed by atoms with E-state index in [4.69, 9.17) is 5.73 Å². The van der Waals surface area contributed by atoms with E-state index in [9.17, 15) is 10.1 Å². The number of nitro benzene ring substituents is 1. The highest BCUT2D eigenvalue weighted by Gasteiger charge is 2.19. The Morgan fingerprint density at radius 3 is 2.95 bits per heavy atom. The highest BCUT2D eigenvalue weighted by Crippen LogP contribution is 2.29. The lowest BCUT2D eigenvalue weighted by Gasteiger charge is -2.30. The van der Waals surface area contributed by atoms with Crippen LogP contribution < -0.4 is 10.6 Å². The van der Waals surface area contributed by atoms with Gasteiger partial charge in [0.2, 0.25) is 0 Å². The second-order valence-electron chi connectivity index (χ2n) is 4.46. The molecule has 0 radical (unpaired) electrons. The molecule has 7 heteroatoms. The van der Waals surface area contributed by atoms with Crippen LogP contribution in [0.4, 0.5) is 17.1 Å². The zero-order valence-corrected chi connectivity index (χ0v) is 10.2. The van der Waals surface area contributed by atoms with E-state index in [0.717, 1.165) is 24.6 Å². The highest BCUT2D eigenvalue weighted by atomic mass is 16.6. The Hall–Kier alpha value is -2.57. The fraction of sp³-hybridized carbons (Fsp3) is 0.250. The van der Waals surface area contributed by atoms with Crippen molar-refractivity contribution < 1.29 is 4.92 Å². The van der Waals surface area contributed by atoms with Crippen molar-refractivity contribution in [1.82, 2.24) is 9.55 Å². The monoisotopic (exact) mass is 259 g/mol. The molecule has 0 aliphatic carbocycles. The predicted molar refractivity (Wildman–Crippen MR) is 70.8 cm³/mol. The van der Waals surface area contributed by atoms with Gasteiger partial charge in [-0.05, 0) is 6.07 Å². The van der Waals surface area contributed by atoms with E-state index >= 15 is 0 Å². The van der Waals surface area contributed by atoms with Crippen molar-refractivity contribution in [3.8, 4) is 0 Å². The van der Waals surface area contributed by atoms with Gasteiger partial charge in [0.05, 0.1) is 22.8 Å². The zero-order chi connectivity index (χ0) is 13.4. The van der Waals surface area contributed by atoms with E-state index in [1.54, 1.807) is 12.3 Å². The van der Waals surface area contributed by atoms with Crippen LogP contribution in [0.5, 0.6) is 0 Å². The molecule has 0 saturated heterocycles. The van der Waals surface area contributed by atoms with Crippen LogP contribution in [-0.2, 0) is 13.1 Å². The molecule has 0 bridgehead atoms. The lowest BCUT2D eigenvalue weighted by Crippen LogP contribution is -2.34. The predicted octanol–water partition coefficient (Wildman–Crippen LogP) is 1.39. The number of non-ortho nitro benzene ring substituents is 1. The van der Waals surface area contributed by atoms with Crippen LogP contribution in [0, 0.1) is 10.1 Å². The average molecular weight is 259 g/mol. The number of imidazole rings is 1. The first-order chi connectivity index (χ1) is 9.15. The number of benzene rings is 1. The second-order valence-corrected chi connectivity index (χ2v) is 4.46. The van der Waals surface area contributed by atoms with Gasteiger partial charge in [0.25, 0.3) is 5.69 Å². The molecule has 2 N–H and O–H groups in total. The normalized spacial score (nSPS) is 14.2. The summed E-state index contributed by atoms with van der Waals surface area (Å²) in [6.07, 6.45) is 3.73. The minimum Gasteiger partial charge on any atom is -0.397 e. The van der Waals surface area contributed by atoms with Crippen molar-refractivity contribution in [3.05, 3.63) is 46.5 Å². The van der Waals surface area contributed by atoms with Gasteiger partial charge in [0, 0.05) is 37.6 Å². The smallest absolute Gasteiger partial charge is 0.271 e. The van der Waals surface area contributed by atoms with Crippen molar-refractivity contribution in [2.24, 2.45) is 0 Å². The molecule has 3 rings (SSSR count). The molecular formula is C12H13N5O2. The van der Waals surface area contributed by atoms with E-state index in [0.29, 0.717) is 12.2 Å². The van der Waals surface area contributed by atoms with E-state index < -0.39 is 4.92 Å². The van der Waals surface area contributed by atoms with E-state index in [1.807, 2.05) is 6.20 Å². The number of nitrogens with two attached hydrogens (primary N) is 1. The molecule has 0 atom stereocenters. The maximum Gasteiger partial charge on any atom is 0.271 e. The molecule has 1 aromatic carbocycles. The number of fused-ring (bicyclic) bond motifs is 1. The van der Waals surface area contributed by atoms with Gasteiger partial charge in [0.15, 0.2) is 0 Å². The summed E-state index contributed by atoms with van der Waals surface area (Å²) >= 11 is 0. The molecule has 0 fully saturated rings. The zero-order valence-electron chi connectivity index (χ0n) is 10.2. The Kier molecular flexibility index (Phi) is 2.59. The second kappa shape index (κ2) is 4.27. The van der Waals surface area contributed by atoms with Crippen LogP contribution in [0.15, 0.2) is 30.6 Å². The molecule has 0 spiro atoms. The Morgan fingerprint density at radius 1 is 1.37 bits per heavy atom. The van der Waals surface area contributed by atoms with Crippen molar-refractivity contribution in [2.75, 3.05) is 17.2 Å². The molecule has 1 aliphatic rings. The van der Waals surface area contributed by atoms with Crippen LogP contribution in [-0.4, -0.2) is 21.0 Å². The number of rotatable bonds is 2. The van der Waals surface area contributed by atoms with Gasteiger partial charge < -0.3 is 15.2 Å². The fourth-order valence-corrected chi connectivity index (χ4v) is 2.32. The number of anilines is 2. The first kappa shape index (κ1) is 11.5. The lowest BCUT2D eigenvalue weighted by molar-refractivity contribution is -0.384. The topological polar surface area (TPSA) is 90.2 Å². The van der Waals surface area contributed by atoms with Crippen molar-refractivity contribution in [3.63, 3.8) is 0 Å². The fourth-order valence-electron chi connectivity index (χ4n) is 2.32. The van der Waals surface area contributed by atoms with Crippen molar-refractivity contribution in [1.29, 1.82) is 0 Å². The summed E-state index contributed by atoms with van der Waals surface area (Å²) in [7, 11) is 0. The Morgan fingerprint density at radius 2 is 2.21 bits per heavy atom. The molecule has 1 aromatic heterocycles. The Balaban J connectivity index is 1.90. The third-order valence-electron chi connectivity index (χ3n) is 3.31. The van der Waals surface area contributed by atoms with Gasteiger partial charge in [0.1, 0.15) is 5.82 Å². The van der Waals surface area contributed by atoms with E-state index in [-0.39, 0.29) is 5.69 Å². The van der Waals surface area contributed by atoms with Crippen LogP contribution in [0.25, 0.3) is 0 Å². The standard InChI is InChI=1S/C12H13N5O2/c13-10-7-9(17(18)19)1-2-11(10)16-6-5-15-4-3-14-12(15)8-16/h1-4,7H,5-6,8,13H2. The van der Waals surface area contributed by atoms with Crippen LogP contribution in [0.2, 0.25) is 0 Å². The lowest BCUT2D eigenvalue weighted by atomic mass is 10.2. The SMILES string of the molecule is Nc1cc([N+](=O)[O-])ccc1N1CCn2ccnc2C1. The molecule has 19 heavy (non-hydrogen) atoms.